The number of carbonyl (C=O) groups is 1. The number of carbonyl (C=O) groups excluding carboxylic acids is 1. The Morgan fingerprint density at radius 3 is 2.55 bits per heavy atom. The van der Waals surface area contributed by atoms with Crippen LogP contribution in [0.3, 0.4) is 0 Å². The van der Waals surface area contributed by atoms with Gasteiger partial charge >= 0.3 is 5.97 Å². The number of ether oxygens (including phenoxy) is 2. The second-order valence-corrected chi connectivity index (χ2v) is 9.42. The number of rotatable bonds is 7. The zero-order valence-corrected chi connectivity index (χ0v) is 17.8. The Balaban J connectivity index is 1.88. The summed E-state index contributed by atoms with van der Waals surface area (Å²) in [5, 5.41) is 11.9. The Bertz CT molecular complexity index is 1120. The van der Waals surface area contributed by atoms with Crippen LogP contribution in [0.1, 0.15) is 22.2 Å². The van der Waals surface area contributed by atoms with Gasteiger partial charge in [-0.3, -0.25) is 0 Å². The molecule has 0 aliphatic rings. The molecule has 1 heterocycles. The van der Waals surface area contributed by atoms with E-state index >= 15 is 0 Å². The molecule has 9 heteroatoms. The first-order chi connectivity index (χ1) is 13.7. The van der Waals surface area contributed by atoms with Crippen molar-refractivity contribution >= 4 is 37.4 Å². The Morgan fingerprint density at radius 2 is 1.90 bits per heavy atom. The third-order valence-electron chi connectivity index (χ3n) is 4.44. The maximum atomic E-state index is 12.9. The minimum absolute atomic E-state index is 0.0740. The van der Waals surface area contributed by atoms with Crippen molar-refractivity contribution < 1.29 is 27.8 Å². The number of benzene rings is 2. The van der Waals surface area contributed by atoms with Gasteiger partial charge in [-0.05, 0) is 42.6 Å². The summed E-state index contributed by atoms with van der Waals surface area (Å²) in [5.74, 6) is -0.590. The van der Waals surface area contributed by atoms with E-state index in [2.05, 4.69) is 9.46 Å². The molecular weight excluding hydrogens is 414 g/mol. The van der Waals surface area contributed by atoms with E-state index < -0.39 is 21.6 Å². The van der Waals surface area contributed by atoms with Crippen molar-refractivity contribution in [3.63, 3.8) is 0 Å². The SMILES string of the molecule is COC(=O)c1ccc(OC)c(S(=O)(=O)NC[C@](C)(O)c2cc3ccccc3s2)c1. The van der Waals surface area contributed by atoms with Crippen molar-refractivity contribution in [2.45, 2.75) is 17.4 Å². The topological polar surface area (TPSA) is 102 Å². The molecule has 0 fully saturated rings. The summed E-state index contributed by atoms with van der Waals surface area (Å²) in [4.78, 5) is 12.2. The molecule has 7 nitrogen and oxygen atoms in total. The predicted octanol–water partition coefficient (Wildman–Crippen LogP) is 2.88. The van der Waals surface area contributed by atoms with Crippen molar-refractivity contribution in [3.05, 3.63) is 59.0 Å². The van der Waals surface area contributed by atoms with E-state index in [0.29, 0.717) is 4.88 Å². The van der Waals surface area contributed by atoms with E-state index in [4.69, 9.17) is 4.74 Å². The van der Waals surface area contributed by atoms with Crippen molar-refractivity contribution in [1.29, 1.82) is 0 Å². The van der Waals surface area contributed by atoms with Gasteiger partial charge in [0.2, 0.25) is 10.0 Å². The molecule has 0 aliphatic heterocycles. The second kappa shape index (κ2) is 8.11. The van der Waals surface area contributed by atoms with Gasteiger partial charge in [0, 0.05) is 16.1 Å². The molecule has 154 valence electrons. The molecule has 29 heavy (non-hydrogen) atoms. The van der Waals surface area contributed by atoms with Crippen LogP contribution >= 0.6 is 11.3 Å². The van der Waals surface area contributed by atoms with Gasteiger partial charge in [-0.15, -0.1) is 11.3 Å². The van der Waals surface area contributed by atoms with Gasteiger partial charge in [0.25, 0.3) is 0 Å². The number of nitrogens with one attached hydrogen (secondary N) is 1. The first-order valence-corrected chi connectivity index (χ1v) is 11.0. The Labute approximate surface area is 172 Å². The summed E-state index contributed by atoms with van der Waals surface area (Å²) in [6, 6.07) is 13.5. The highest BCUT2D eigenvalue weighted by Crippen LogP contribution is 2.33. The average Bonchev–Trinajstić information content (AvgIpc) is 3.16. The number of aliphatic hydroxyl groups is 1. The van der Waals surface area contributed by atoms with Crippen LogP contribution in [0, 0.1) is 0 Å². The Hall–Kier alpha value is -2.46. The fourth-order valence-corrected chi connectivity index (χ4v) is 5.21. The molecule has 1 atom stereocenters. The Kier molecular flexibility index (Phi) is 5.95. The van der Waals surface area contributed by atoms with Gasteiger partial charge in [0.15, 0.2) is 0 Å². The van der Waals surface area contributed by atoms with Gasteiger partial charge in [0.05, 0.1) is 19.8 Å². The number of thiophene rings is 1. The smallest absolute Gasteiger partial charge is 0.337 e. The van der Waals surface area contributed by atoms with Gasteiger partial charge in [0.1, 0.15) is 16.2 Å². The first-order valence-electron chi connectivity index (χ1n) is 8.65. The number of sulfonamides is 1. The molecule has 0 saturated heterocycles. The van der Waals surface area contributed by atoms with Crippen LogP contribution in [0.15, 0.2) is 53.4 Å². The van der Waals surface area contributed by atoms with E-state index in [-0.39, 0.29) is 22.8 Å². The fourth-order valence-electron chi connectivity index (χ4n) is 2.78. The van der Waals surface area contributed by atoms with Crippen LogP contribution in [0.2, 0.25) is 0 Å². The number of fused-ring (bicyclic) bond motifs is 1. The van der Waals surface area contributed by atoms with E-state index in [1.165, 1.54) is 43.8 Å². The molecule has 3 rings (SSSR count). The number of esters is 1. The molecule has 0 aliphatic carbocycles. The number of hydrogen-bond donors (Lipinski definition) is 2. The summed E-state index contributed by atoms with van der Waals surface area (Å²) in [6.07, 6.45) is 0. The molecule has 0 radical (unpaired) electrons. The summed E-state index contributed by atoms with van der Waals surface area (Å²) >= 11 is 1.40. The fraction of sp³-hybridized carbons (Fsp3) is 0.250. The van der Waals surface area contributed by atoms with Gasteiger partial charge in [-0.1, -0.05) is 18.2 Å². The lowest BCUT2D eigenvalue weighted by Crippen LogP contribution is -2.38. The highest BCUT2D eigenvalue weighted by molar-refractivity contribution is 7.89. The summed E-state index contributed by atoms with van der Waals surface area (Å²) in [5.41, 5.74) is -1.35. The highest BCUT2D eigenvalue weighted by Gasteiger charge is 2.30. The Morgan fingerprint density at radius 1 is 1.17 bits per heavy atom. The maximum absolute atomic E-state index is 12.9. The average molecular weight is 436 g/mol. The minimum Gasteiger partial charge on any atom is -0.495 e. The minimum atomic E-state index is -4.08. The summed E-state index contributed by atoms with van der Waals surface area (Å²) in [6.45, 7) is 1.29. The van der Waals surface area contributed by atoms with Crippen LogP contribution < -0.4 is 9.46 Å². The van der Waals surface area contributed by atoms with Crippen LogP contribution in [0.5, 0.6) is 5.75 Å². The second-order valence-electron chi connectivity index (χ2n) is 6.60. The lowest BCUT2D eigenvalue weighted by molar-refractivity contribution is 0.0599. The third-order valence-corrected chi connectivity index (χ3v) is 7.23. The van der Waals surface area contributed by atoms with E-state index in [1.807, 2.05) is 30.3 Å². The molecule has 2 N–H and O–H groups in total. The maximum Gasteiger partial charge on any atom is 0.337 e. The van der Waals surface area contributed by atoms with Gasteiger partial charge < -0.3 is 14.6 Å². The first kappa shape index (κ1) is 21.3. The largest absolute Gasteiger partial charge is 0.495 e. The van der Waals surface area contributed by atoms with Crippen molar-refractivity contribution in [2.75, 3.05) is 20.8 Å². The predicted molar refractivity (Wildman–Crippen MR) is 111 cm³/mol. The van der Waals surface area contributed by atoms with Crippen LogP contribution in [0.4, 0.5) is 0 Å². The monoisotopic (exact) mass is 435 g/mol. The zero-order valence-electron chi connectivity index (χ0n) is 16.1. The molecule has 3 aromatic rings. The molecule has 0 amide bonds. The van der Waals surface area contributed by atoms with Crippen molar-refractivity contribution in [1.82, 2.24) is 4.72 Å². The summed E-state index contributed by atoms with van der Waals surface area (Å²) in [7, 11) is -1.53. The highest BCUT2D eigenvalue weighted by atomic mass is 32.2. The lowest BCUT2D eigenvalue weighted by atomic mass is 10.1. The van der Waals surface area contributed by atoms with Crippen LogP contribution in [-0.2, 0) is 20.4 Å². The molecule has 0 spiro atoms. The molecule has 2 aromatic carbocycles. The molecule has 1 aromatic heterocycles. The van der Waals surface area contributed by atoms with Crippen molar-refractivity contribution in [3.8, 4) is 5.75 Å². The van der Waals surface area contributed by atoms with Crippen LogP contribution in [0.25, 0.3) is 10.1 Å². The standard InChI is InChI=1S/C20H21NO6S2/c1-20(23,18-11-13-6-4-5-7-16(13)28-18)12-21-29(24,25)17-10-14(19(22)27-3)8-9-15(17)26-2/h4-11,21,23H,12H2,1-3H3/t20-/m0/s1. The van der Waals surface area contributed by atoms with Crippen LogP contribution in [-0.4, -0.2) is 40.3 Å². The zero-order chi connectivity index (χ0) is 21.2. The van der Waals surface area contributed by atoms with Gasteiger partial charge in [-0.2, -0.15) is 0 Å². The molecule has 0 bridgehead atoms. The molecule has 0 unspecified atom stereocenters. The normalized spacial score (nSPS) is 13.8. The molecular formula is C20H21NO6S2. The molecule has 0 saturated carbocycles. The number of hydrogen-bond acceptors (Lipinski definition) is 7. The lowest BCUT2D eigenvalue weighted by Gasteiger charge is -2.22. The third kappa shape index (κ3) is 4.43. The van der Waals surface area contributed by atoms with E-state index in [0.717, 1.165) is 10.1 Å². The van der Waals surface area contributed by atoms with E-state index in [9.17, 15) is 18.3 Å². The summed E-state index contributed by atoms with van der Waals surface area (Å²) < 4.78 is 38.9. The quantitative estimate of drug-likeness (QED) is 0.554. The number of methoxy groups -OCH3 is 2. The van der Waals surface area contributed by atoms with Gasteiger partial charge in [-0.25, -0.2) is 17.9 Å². The van der Waals surface area contributed by atoms with Crippen molar-refractivity contribution in [2.24, 2.45) is 0 Å². The van der Waals surface area contributed by atoms with E-state index in [1.54, 1.807) is 6.92 Å².